The number of ether oxygens (including phenoxy) is 2. The number of aryl methyl sites for hydroxylation is 1. The summed E-state index contributed by atoms with van der Waals surface area (Å²) in [5.74, 6) is 1.60. The second-order valence-corrected chi connectivity index (χ2v) is 5.34. The van der Waals surface area contributed by atoms with Gasteiger partial charge in [0.2, 0.25) is 5.95 Å². The molecule has 2 N–H and O–H groups in total. The van der Waals surface area contributed by atoms with E-state index in [9.17, 15) is 0 Å². The topological polar surface area (TPSA) is 74.7 Å². The lowest BCUT2D eigenvalue weighted by atomic mass is 10.2. The second kappa shape index (κ2) is 7.87. The molecule has 1 aromatic carbocycles. The van der Waals surface area contributed by atoms with Crippen molar-refractivity contribution < 1.29 is 9.47 Å². The lowest BCUT2D eigenvalue weighted by Crippen LogP contribution is -2.02. The Hall–Kier alpha value is -2.21. The highest BCUT2D eigenvalue weighted by Crippen LogP contribution is 2.33. The number of nitrogens with zero attached hydrogens (tertiary/aromatic N) is 3. The van der Waals surface area contributed by atoms with E-state index in [4.69, 9.17) is 26.8 Å². The summed E-state index contributed by atoms with van der Waals surface area (Å²) in [6.45, 7) is 6.95. The van der Waals surface area contributed by atoms with Crippen LogP contribution in [0.5, 0.6) is 11.5 Å². The van der Waals surface area contributed by atoms with Crippen LogP contribution in [0, 0.1) is 6.92 Å². The molecule has 124 valence electrons. The average Bonchev–Trinajstić information content (AvgIpc) is 2.83. The van der Waals surface area contributed by atoms with Gasteiger partial charge in [-0.3, -0.25) is 0 Å². The number of hydrogen-bond donors (Lipinski definition) is 1. The fourth-order valence-corrected chi connectivity index (χ4v) is 2.17. The van der Waals surface area contributed by atoms with Crippen molar-refractivity contribution in [3.8, 4) is 11.5 Å². The molecule has 0 bridgehead atoms. The molecule has 0 spiro atoms. The van der Waals surface area contributed by atoms with Crippen LogP contribution in [-0.2, 0) is 0 Å². The van der Waals surface area contributed by atoms with Crippen LogP contribution in [0.2, 0.25) is 5.02 Å². The van der Waals surface area contributed by atoms with Gasteiger partial charge >= 0.3 is 0 Å². The summed E-state index contributed by atoms with van der Waals surface area (Å²) in [6, 6.07) is 3.55. The van der Waals surface area contributed by atoms with Gasteiger partial charge in [0, 0.05) is 11.6 Å². The maximum Gasteiger partial charge on any atom is 0.221 e. The highest BCUT2D eigenvalue weighted by atomic mass is 35.5. The Morgan fingerprint density at radius 2 is 2.04 bits per heavy atom. The number of hydrogen-bond acceptors (Lipinski definition) is 5. The fourth-order valence-electron chi connectivity index (χ4n) is 1.96. The van der Waals surface area contributed by atoms with Gasteiger partial charge in [-0.2, -0.15) is 5.10 Å². The molecule has 0 unspecified atom stereocenters. The summed E-state index contributed by atoms with van der Waals surface area (Å²) in [7, 11) is 0. The van der Waals surface area contributed by atoms with Crippen LogP contribution in [0.25, 0.3) is 0 Å². The van der Waals surface area contributed by atoms with Gasteiger partial charge in [0.15, 0.2) is 11.5 Å². The van der Waals surface area contributed by atoms with Crippen LogP contribution in [0.1, 0.15) is 31.5 Å². The Bertz CT molecular complexity index is 698. The van der Waals surface area contributed by atoms with Crippen LogP contribution in [-0.4, -0.2) is 29.1 Å². The predicted octanol–water partition coefficient (Wildman–Crippen LogP) is 3.50. The number of imidazole rings is 1. The lowest BCUT2D eigenvalue weighted by Gasteiger charge is -2.13. The van der Waals surface area contributed by atoms with Crippen molar-refractivity contribution in [1.82, 2.24) is 9.66 Å². The number of anilines is 1. The molecule has 0 aliphatic rings. The summed E-state index contributed by atoms with van der Waals surface area (Å²) < 4.78 is 12.8. The van der Waals surface area contributed by atoms with Crippen LogP contribution < -0.4 is 15.2 Å². The second-order valence-electron chi connectivity index (χ2n) is 4.93. The highest BCUT2D eigenvalue weighted by Gasteiger charge is 2.10. The van der Waals surface area contributed by atoms with E-state index in [0.29, 0.717) is 41.2 Å². The van der Waals surface area contributed by atoms with Crippen molar-refractivity contribution in [2.75, 3.05) is 18.9 Å². The first-order valence-corrected chi connectivity index (χ1v) is 7.87. The lowest BCUT2D eigenvalue weighted by molar-refractivity contribution is 0.277. The molecule has 1 aromatic heterocycles. The number of nitrogen functional groups attached to an aromatic ring is 1. The van der Waals surface area contributed by atoms with E-state index in [1.807, 2.05) is 20.8 Å². The van der Waals surface area contributed by atoms with Crippen molar-refractivity contribution in [3.63, 3.8) is 0 Å². The molecule has 0 saturated heterocycles. The largest absolute Gasteiger partial charge is 0.490 e. The Morgan fingerprint density at radius 1 is 1.30 bits per heavy atom. The minimum Gasteiger partial charge on any atom is -0.490 e. The maximum atomic E-state index is 6.31. The molecule has 0 radical (unpaired) electrons. The average molecular weight is 337 g/mol. The first-order chi connectivity index (χ1) is 11.0. The van der Waals surface area contributed by atoms with Crippen molar-refractivity contribution >= 4 is 23.8 Å². The van der Waals surface area contributed by atoms with Gasteiger partial charge in [-0.05, 0) is 26.3 Å². The van der Waals surface area contributed by atoms with E-state index in [1.54, 1.807) is 24.5 Å². The van der Waals surface area contributed by atoms with Crippen LogP contribution in [0.15, 0.2) is 23.4 Å². The van der Waals surface area contributed by atoms with E-state index in [-0.39, 0.29) is 0 Å². The standard InChI is InChI=1S/C16H21ClN4O2/c1-4-6-23-15-8-13(17)12(7-14(15)22-5-2)9-19-21-10-11(3)20-16(21)18/h7-10H,4-6H2,1-3H3,(H2,18,20). The molecule has 2 aromatic rings. The molecule has 2 rings (SSSR count). The van der Waals surface area contributed by atoms with Gasteiger partial charge in [0.05, 0.1) is 36.3 Å². The molecule has 0 atom stereocenters. The quantitative estimate of drug-likeness (QED) is 0.785. The summed E-state index contributed by atoms with van der Waals surface area (Å²) >= 11 is 6.31. The smallest absolute Gasteiger partial charge is 0.221 e. The number of halogens is 1. The van der Waals surface area contributed by atoms with Crippen LogP contribution in [0.4, 0.5) is 5.95 Å². The molecule has 0 amide bonds. The molecule has 0 aliphatic heterocycles. The van der Waals surface area contributed by atoms with Gasteiger partial charge in [-0.1, -0.05) is 18.5 Å². The van der Waals surface area contributed by atoms with Gasteiger partial charge < -0.3 is 15.2 Å². The minimum absolute atomic E-state index is 0.322. The minimum atomic E-state index is 0.322. The van der Waals surface area contributed by atoms with Gasteiger partial charge in [0.1, 0.15) is 0 Å². The molecule has 0 fully saturated rings. The zero-order valence-corrected chi connectivity index (χ0v) is 14.3. The Labute approximate surface area is 140 Å². The van der Waals surface area contributed by atoms with E-state index in [2.05, 4.69) is 10.1 Å². The summed E-state index contributed by atoms with van der Waals surface area (Å²) in [5.41, 5.74) is 7.27. The number of benzene rings is 1. The monoisotopic (exact) mass is 336 g/mol. The van der Waals surface area contributed by atoms with E-state index in [0.717, 1.165) is 12.1 Å². The number of aromatic nitrogens is 2. The van der Waals surface area contributed by atoms with E-state index in [1.165, 1.54) is 4.68 Å². The van der Waals surface area contributed by atoms with Gasteiger partial charge in [-0.15, -0.1) is 0 Å². The summed E-state index contributed by atoms with van der Waals surface area (Å²) in [4.78, 5) is 4.09. The summed E-state index contributed by atoms with van der Waals surface area (Å²) in [6.07, 6.45) is 4.26. The van der Waals surface area contributed by atoms with Gasteiger partial charge in [0.25, 0.3) is 0 Å². The molecule has 0 saturated carbocycles. The van der Waals surface area contributed by atoms with Crippen molar-refractivity contribution in [2.24, 2.45) is 5.10 Å². The first-order valence-electron chi connectivity index (χ1n) is 7.50. The zero-order valence-electron chi connectivity index (χ0n) is 13.5. The molecular weight excluding hydrogens is 316 g/mol. The predicted molar refractivity (Wildman–Crippen MR) is 92.8 cm³/mol. The molecule has 6 nitrogen and oxygen atoms in total. The SMILES string of the molecule is CCCOc1cc(Cl)c(C=Nn2cc(C)nc2N)cc1OCC. The normalized spacial score (nSPS) is 11.1. The third kappa shape index (κ3) is 4.39. The van der Waals surface area contributed by atoms with Crippen LogP contribution in [0.3, 0.4) is 0 Å². The molecule has 1 heterocycles. The van der Waals surface area contributed by atoms with Crippen molar-refractivity contribution in [3.05, 3.63) is 34.6 Å². The first kappa shape index (κ1) is 17.1. The Kier molecular flexibility index (Phi) is 5.87. The Morgan fingerprint density at radius 3 is 2.65 bits per heavy atom. The third-order valence-corrected chi connectivity index (χ3v) is 3.31. The van der Waals surface area contributed by atoms with E-state index < -0.39 is 0 Å². The fraction of sp³-hybridized carbons (Fsp3) is 0.375. The maximum absolute atomic E-state index is 6.31. The van der Waals surface area contributed by atoms with Crippen molar-refractivity contribution in [1.29, 1.82) is 0 Å². The number of nitrogens with two attached hydrogens (primary N) is 1. The Balaban J connectivity index is 2.31. The van der Waals surface area contributed by atoms with Crippen molar-refractivity contribution in [2.45, 2.75) is 27.2 Å². The summed E-state index contributed by atoms with van der Waals surface area (Å²) in [5, 5.41) is 4.80. The number of rotatable bonds is 7. The molecule has 7 heteroatoms. The molecular formula is C16H21ClN4O2. The zero-order chi connectivity index (χ0) is 16.8. The third-order valence-electron chi connectivity index (χ3n) is 2.98. The van der Waals surface area contributed by atoms with E-state index >= 15 is 0 Å². The van der Waals surface area contributed by atoms with Crippen LogP contribution >= 0.6 is 11.6 Å². The molecule has 0 aliphatic carbocycles. The molecule has 23 heavy (non-hydrogen) atoms. The van der Waals surface area contributed by atoms with Gasteiger partial charge in [-0.25, -0.2) is 9.66 Å². The highest BCUT2D eigenvalue weighted by molar-refractivity contribution is 6.33.